The Kier molecular flexibility index (Phi) is 2.86. The van der Waals surface area contributed by atoms with E-state index in [1.54, 1.807) is 0 Å². The number of piperidine rings is 2. The minimum absolute atomic E-state index is 0.350. The maximum absolute atomic E-state index is 10.4. The second kappa shape index (κ2) is 3.95. The third kappa shape index (κ3) is 2.03. The van der Waals surface area contributed by atoms with E-state index < -0.39 is 5.60 Å². The second-order valence-electron chi connectivity index (χ2n) is 4.36. The number of rotatable bonds is 1. The van der Waals surface area contributed by atoms with Gasteiger partial charge in [-0.1, -0.05) is 6.42 Å². The van der Waals surface area contributed by atoms with Crippen LogP contribution < -0.4 is 10.6 Å². The van der Waals surface area contributed by atoms with E-state index in [4.69, 9.17) is 0 Å². The van der Waals surface area contributed by atoms with Crippen molar-refractivity contribution in [3.05, 3.63) is 0 Å². The van der Waals surface area contributed by atoms with Crippen LogP contribution in [0.4, 0.5) is 0 Å². The van der Waals surface area contributed by atoms with Crippen LogP contribution in [0.1, 0.15) is 32.1 Å². The van der Waals surface area contributed by atoms with Gasteiger partial charge in [0.2, 0.25) is 0 Å². The van der Waals surface area contributed by atoms with Gasteiger partial charge in [0.1, 0.15) is 0 Å². The normalized spacial score (nSPS) is 34.4. The van der Waals surface area contributed by atoms with E-state index in [0.29, 0.717) is 6.04 Å². The van der Waals surface area contributed by atoms with Crippen LogP contribution in [-0.4, -0.2) is 36.4 Å². The molecule has 2 rings (SSSR count). The van der Waals surface area contributed by atoms with Crippen LogP contribution >= 0.6 is 0 Å². The van der Waals surface area contributed by atoms with Crippen molar-refractivity contribution >= 4 is 0 Å². The van der Waals surface area contributed by atoms with Gasteiger partial charge in [0, 0.05) is 6.04 Å². The van der Waals surface area contributed by atoms with E-state index in [9.17, 15) is 5.11 Å². The van der Waals surface area contributed by atoms with Gasteiger partial charge in [0.25, 0.3) is 0 Å². The summed E-state index contributed by atoms with van der Waals surface area (Å²) in [5.74, 6) is 0. The lowest BCUT2D eigenvalue weighted by Crippen LogP contribution is -2.57. The first kappa shape index (κ1) is 9.44. The van der Waals surface area contributed by atoms with Crippen LogP contribution in [-0.2, 0) is 0 Å². The first-order chi connectivity index (χ1) is 6.31. The quantitative estimate of drug-likeness (QED) is 0.547. The number of hydrogen-bond donors (Lipinski definition) is 3. The Bertz CT molecular complexity index is 160. The highest BCUT2D eigenvalue weighted by atomic mass is 16.3. The minimum atomic E-state index is -0.425. The van der Waals surface area contributed by atoms with Crippen molar-refractivity contribution in [2.45, 2.75) is 43.7 Å². The zero-order valence-corrected chi connectivity index (χ0v) is 8.18. The van der Waals surface area contributed by atoms with Crippen molar-refractivity contribution in [2.75, 3.05) is 19.6 Å². The third-order valence-electron chi connectivity index (χ3n) is 3.43. The Morgan fingerprint density at radius 1 is 1.08 bits per heavy atom. The molecule has 0 aromatic carbocycles. The molecule has 0 bridgehead atoms. The maximum Gasteiger partial charge on any atom is 0.0824 e. The van der Waals surface area contributed by atoms with Crippen LogP contribution in [0.5, 0.6) is 0 Å². The van der Waals surface area contributed by atoms with E-state index >= 15 is 0 Å². The molecular weight excluding hydrogens is 164 g/mol. The van der Waals surface area contributed by atoms with Crippen molar-refractivity contribution < 1.29 is 5.11 Å². The largest absolute Gasteiger partial charge is 0.388 e. The van der Waals surface area contributed by atoms with Crippen LogP contribution in [0.15, 0.2) is 0 Å². The molecule has 0 radical (unpaired) electrons. The van der Waals surface area contributed by atoms with E-state index in [1.807, 2.05) is 0 Å². The van der Waals surface area contributed by atoms with Crippen molar-refractivity contribution in [1.82, 2.24) is 10.6 Å². The average Bonchev–Trinajstić information content (AvgIpc) is 2.20. The summed E-state index contributed by atoms with van der Waals surface area (Å²) >= 11 is 0. The third-order valence-corrected chi connectivity index (χ3v) is 3.43. The minimum Gasteiger partial charge on any atom is -0.388 e. The molecule has 1 atom stereocenters. The van der Waals surface area contributed by atoms with E-state index in [-0.39, 0.29) is 0 Å². The highest BCUT2D eigenvalue weighted by Gasteiger charge is 2.37. The van der Waals surface area contributed by atoms with Gasteiger partial charge in [-0.2, -0.15) is 0 Å². The number of hydrogen-bond acceptors (Lipinski definition) is 3. The van der Waals surface area contributed by atoms with Crippen LogP contribution in [0.25, 0.3) is 0 Å². The monoisotopic (exact) mass is 184 g/mol. The summed E-state index contributed by atoms with van der Waals surface area (Å²) < 4.78 is 0. The standard InChI is InChI=1S/C10H20N2O/c13-10(4-7-11-8-5-10)9-3-1-2-6-12-9/h9,11-13H,1-8H2. The molecule has 1 unspecified atom stereocenters. The summed E-state index contributed by atoms with van der Waals surface area (Å²) in [5.41, 5.74) is -0.425. The highest BCUT2D eigenvalue weighted by Crippen LogP contribution is 2.27. The predicted molar refractivity (Wildman–Crippen MR) is 52.7 cm³/mol. The lowest BCUT2D eigenvalue weighted by atomic mass is 9.81. The Labute approximate surface area is 79.9 Å². The zero-order valence-electron chi connectivity index (χ0n) is 8.18. The Morgan fingerprint density at radius 2 is 1.85 bits per heavy atom. The lowest BCUT2D eigenvalue weighted by Gasteiger charge is -2.41. The van der Waals surface area contributed by atoms with Gasteiger partial charge in [0.05, 0.1) is 5.60 Å². The van der Waals surface area contributed by atoms with Crippen molar-refractivity contribution in [2.24, 2.45) is 0 Å². The summed E-state index contributed by atoms with van der Waals surface area (Å²) in [6, 6.07) is 0.350. The first-order valence-electron chi connectivity index (χ1n) is 5.48. The van der Waals surface area contributed by atoms with Gasteiger partial charge in [-0.15, -0.1) is 0 Å². The van der Waals surface area contributed by atoms with Gasteiger partial charge < -0.3 is 15.7 Å². The molecule has 76 valence electrons. The Morgan fingerprint density at radius 3 is 2.46 bits per heavy atom. The fourth-order valence-electron chi connectivity index (χ4n) is 2.52. The molecular formula is C10H20N2O. The van der Waals surface area contributed by atoms with Gasteiger partial charge in [-0.05, 0) is 45.3 Å². The highest BCUT2D eigenvalue weighted by molar-refractivity contribution is 4.96. The summed E-state index contributed by atoms with van der Waals surface area (Å²) in [4.78, 5) is 0. The molecule has 0 spiro atoms. The zero-order chi connectivity index (χ0) is 9.15. The van der Waals surface area contributed by atoms with Crippen LogP contribution in [0.2, 0.25) is 0 Å². The van der Waals surface area contributed by atoms with Crippen LogP contribution in [0.3, 0.4) is 0 Å². The van der Waals surface area contributed by atoms with Crippen molar-refractivity contribution in [3.8, 4) is 0 Å². The summed E-state index contributed by atoms with van der Waals surface area (Å²) in [7, 11) is 0. The topological polar surface area (TPSA) is 44.3 Å². The maximum atomic E-state index is 10.4. The molecule has 3 heteroatoms. The molecule has 2 aliphatic heterocycles. The fraction of sp³-hybridized carbons (Fsp3) is 1.00. The van der Waals surface area contributed by atoms with Crippen LogP contribution in [0, 0.1) is 0 Å². The van der Waals surface area contributed by atoms with E-state index in [1.165, 1.54) is 12.8 Å². The molecule has 2 fully saturated rings. The summed E-state index contributed by atoms with van der Waals surface area (Å²) in [6.45, 7) is 3.02. The van der Waals surface area contributed by atoms with Gasteiger partial charge in [0.15, 0.2) is 0 Å². The van der Waals surface area contributed by atoms with E-state index in [2.05, 4.69) is 10.6 Å². The SMILES string of the molecule is OC1(C2CCCCN2)CCNCC1. The second-order valence-corrected chi connectivity index (χ2v) is 4.36. The first-order valence-corrected chi connectivity index (χ1v) is 5.48. The van der Waals surface area contributed by atoms with Gasteiger partial charge >= 0.3 is 0 Å². The molecule has 0 saturated carbocycles. The molecule has 0 amide bonds. The number of nitrogens with one attached hydrogen (secondary N) is 2. The number of aliphatic hydroxyl groups is 1. The molecule has 3 nitrogen and oxygen atoms in total. The summed E-state index contributed by atoms with van der Waals surface area (Å²) in [5, 5.41) is 17.1. The van der Waals surface area contributed by atoms with Gasteiger partial charge in [-0.3, -0.25) is 0 Å². The molecule has 3 N–H and O–H groups in total. The predicted octanol–water partition coefficient (Wildman–Crippen LogP) is 0.243. The molecule has 2 aliphatic rings. The molecule has 0 aromatic heterocycles. The van der Waals surface area contributed by atoms with E-state index in [0.717, 1.165) is 38.9 Å². The molecule has 0 aromatic rings. The Hall–Kier alpha value is -0.120. The molecule has 13 heavy (non-hydrogen) atoms. The summed E-state index contributed by atoms with van der Waals surface area (Å²) in [6.07, 6.45) is 5.50. The lowest BCUT2D eigenvalue weighted by molar-refractivity contribution is -0.0319. The van der Waals surface area contributed by atoms with Crippen molar-refractivity contribution in [1.29, 1.82) is 0 Å². The average molecular weight is 184 g/mol. The fourth-order valence-corrected chi connectivity index (χ4v) is 2.52. The molecule has 2 saturated heterocycles. The molecule has 2 heterocycles. The molecule has 0 aliphatic carbocycles. The van der Waals surface area contributed by atoms with Crippen molar-refractivity contribution in [3.63, 3.8) is 0 Å². The Balaban J connectivity index is 1.94. The van der Waals surface area contributed by atoms with Gasteiger partial charge in [-0.25, -0.2) is 0 Å². The smallest absolute Gasteiger partial charge is 0.0824 e.